The molecule has 0 aromatic heterocycles. The predicted octanol–water partition coefficient (Wildman–Crippen LogP) is 3.19. The summed E-state index contributed by atoms with van der Waals surface area (Å²) in [7, 11) is 0. The van der Waals surface area contributed by atoms with Gasteiger partial charge >= 0.3 is 0 Å². The molecule has 1 aromatic rings. The van der Waals surface area contributed by atoms with E-state index in [9.17, 15) is 9.59 Å². The number of benzene rings is 1. The lowest BCUT2D eigenvalue weighted by Gasteiger charge is -2.18. The van der Waals surface area contributed by atoms with Crippen LogP contribution in [-0.2, 0) is 4.74 Å². The van der Waals surface area contributed by atoms with Gasteiger partial charge in [-0.15, -0.1) is 0 Å². The number of hydrogen-bond acceptors (Lipinski definition) is 3. The van der Waals surface area contributed by atoms with E-state index in [2.05, 4.69) is 0 Å². The second kappa shape index (κ2) is 4.94. The SMILES string of the molecule is CC(C)COC1=C(Cl)C(=O)c2ccccc2C1=O. The van der Waals surface area contributed by atoms with Crippen molar-refractivity contribution in [1.82, 2.24) is 0 Å². The smallest absolute Gasteiger partial charge is 0.230 e. The third kappa shape index (κ3) is 2.18. The Balaban J connectivity index is 2.40. The van der Waals surface area contributed by atoms with Gasteiger partial charge in [-0.2, -0.15) is 0 Å². The second-order valence-corrected chi connectivity index (χ2v) is 4.93. The molecular formula is C14H13ClO3. The zero-order chi connectivity index (χ0) is 13.3. The minimum absolute atomic E-state index is 0.0333. The molecule has 2 rings (SSSR count). The predicted molar refractivity (Wildman–Crippen MR) is 68.8 cm³/mol. The van der Waals surface area contributed by atoms with E-state index in [1.165, 1.54) is 0 Å². The summed E-state index contributed by atoms with van der Waals surface area (Å²) in [5, 5.41) is -0.126. The maximum atomic E-state index is 12.2. The van der Waals surface area contributed by atoms with Crippen LogP contribution < -0.4 is 0 Å². The molecule has 0 atom stereocenters. The summed E-state index contributed by atoms with van der Waals surface area (Å²) >= 11 is 5.92. The summed E-state index contributed by atoms with van der Waals surface area (Å²) in [6, 6.07) is 6.62. The number of carbonyl (C=O) groups is 2. The standard InChI is InChI=1S/C14H13ClO3/c1-8(2)7-18-14-11(15)12(16)9-5-3-4-6-10(9)13(14)17/h3-6,8H,7H2,1-2H3. The highest BCUT2D eigenvalue weighted by atomic mass is 35.5. The highest BCUT2D eigenvalue weighted by Gasteiger charge is 2.32. The minimum Gasteiger partial charge on any atom is -0.488 e. The van der Waals surface area contributed by atoms with Crippen molar-refractivity contribution in [2.75, 3.05) is 6.61 Å². The number of Topliss-reactive ketones (excluding diaryl/α,β-unsaturated/α-hetero) is 2. The van der Waals surface area contributed by atoms with E-state index in [0.717, 1.165) is 0 Å². The summed E-state index contributed by atoms with van der Waals surface area (Å²) in [4.78, 5) is 24.2. The lowest BCUT2D eigenvalue weighted by Crippen LogP contribution is -2.22. The number of allylic oxidation sites excluding steroid dienone is 2. The molecule has 1 aliphatic rings. The Morgan fingerprint density at radius 3 is 2.22 bits per heavy atom. The van der Waals surface area contributed by atoms with Crippen LogP contribution in [0.15, 0.2) is 35.1 Å². The van der Waals surface area contributed by atoms with Crippen LogP contribution >= 0.6 is 11.6 Å². The Hall–Kier alpha value is -1.61. The summed E-state index contributed by atoms with van der Waals surface area (Å²) < 4.78 is 5.37. The van der Waals surface area contributed by atoms with E-state index in [1.54, 1.807) is 24.3 Å². The molecule has 18 heavy (non-hydrogen) atoms. The summed E-state index contributed by atoms with van der Waals surface area (Å²) in [6.07, 6.45) is 0. The number of carbonyl (C=O) groups excluding carboxylic acids is 2. The third-order valence-electron chi connectivity index (χ3n) is 2.58. The van der Waals surface area contributed by atoms with Gasteiger partial charge in [0.1, 0.15) is 5.03 Å². The van der Waals surface area contributed by atoms with Gasteiger partial charge in [-0.05, 0) is 5.92 Å². The molecule has 0 bridgehead atoms. The molecule has 0 N–H and O–H groups in total. The molecule has 0 saturated heterocycles. The number of ether oxygens (including phenoxy) is 1. The van der Waals surface area contributed by atoms with E-state index in [1.807, 2.05) is 13.8 Å². The number of fused-ring (bicyclic) bond motifs is 1. The zero-order valence-electron chi connectivity index (χ0n) is 10.2. The first-order valence-corrected chi connectivity index (χ1v) is 6.11. The molecule has 0 amide bonds. The van der Waals surface area contributed by atoms with Crippen LogP contribution in [-0.4, -0.2) is 18.2 Å². The molecule has 3 nitrogen and oxygen atoms in total. The van der Waals surface area contributed by atoms with E-state index >= 15 is 0 Å². The molecule has 0 heterocycles. The number of halogens is 1. The van der Waals surface area contributed by atoms with Crippen molar-refractivity contribution in [3.05, 3.63) is 46.2 Å². The van der Waals surface area contributed by atoms with E-state index in [0.29, 0.717) is 17.7 Å². The number of hydrogen-bond donors (Lipinski definition) is 0. The van der Waals surface area contributed by atoms with Crippen molar-refractivity contribution >= 4 is 23.2 Å². The minimum atomic E-state index is -0.356. The van der Waals surface area contributed by atoms with Crippen LogP contribution in [0.4, 0.5) is 0 Å². The first-order valence-electron chi connectivity index (χ1n) is 5.73. The first-order chi connectivity index (χ1) is 8.52. The monoisotopic (exact) mass is 264 g/mol. The van der Waals surface area contributed by atoms with Crippen molar-refractivity contribution < 1.29 is 14.3 Å². The largest absolute Gasteiger partial charge is 0.488 e. The Morgan fingerprint density at radius 1 is 1.11 bits per heavy atom. The number of ketones is 2. The van der Waals surface area contributed by atoms with Crippen molar-refractivity contribution in [1.29, 1.82) is 0 Å². The van der Waals surface area contributed by atoms with Crippen molar-refractivity contribution in [2.45, 2.75) is 13.8 Å². The molecular weight excluding hydrogens is 252 g/mol. The van der Waals surface area contributed by atoms with Crippen LogP contribution in [0.25, 0.3) is 0 Å². The molecule has 1 aromatic carbocycles. The zero-order valence-corrected chi connectivity index (χ0v) is 11.0. The van der Waals surface area contributed by atoms with Crippen LogP contribution in [0.1, 0.15) is 34.6 Å². The Morgan fingerprint density at radius 2 is 1.67 bits per heavy atom. The Labute approximate surface area is 110 Å². The fourth-order valence-corrected chi connectivity index (χ4v) is 1.94. The summed E-state index contributed by atoms with van der Waals surface area (Å²) in [6.45, 7) is 4.27. The molecule has 94 valence electrons. The second-order valence-electron chi connectivity index (χ2n) is 4.55. The van der Waals surface area contributed by atoms with Crippen LogP contribution in [0.2, 0.25) is 0 Å². The molecule has 0 aliphatic heterocycles. The fraction of sp³-hybridized carbons (Fsp3) is 0.286. The maximum absolute atomic E-state index is 12.2. The number of rotatable bonds is 3. The quantitative estimate of drug-likeness (QED) is 0.842. The van der Waals surface area contributed by atoms with Gasteiger partial charge < -0.3 is 4.74 Å². The van der Waals surface area contributed by atoms with Gasteiger partial charge in [0.2, 0.25) is 11.6 Å². The normalized spacial score (nSPS) is 15.1. The van der Waals surface area contributed by atoms with Crippen LogP contribution in [0, 0.1) is 5.92 Å². The van der Waals surface area contributed by atoms with E-state index in [-0.39, 0.29) is 28.3 Å². The fourth-order valence-electron chi connectivity index (χ4n) is 1.70. The van der Waals surface area contributed by atoms with Gasteiger partial charge in [0, 0.05) is 11.1 Å². The Bertz CT molecular complexity index is 544. The van der Waals surface area contributed by atoms with Gasteiger partial charge in [-0.3, -0.25) is 9.59 Å². The van der Waals surface area contributed by atoms with E-state index in [4.69, 9.17) is 16.3 Å². The van der Waals surface area contributed by atoms with Crippen LogP contribution in [0.5, 0.6) is 0 Å². The first kappa shape index (κ1) is 12.8. The van der Waals surface area contributed by atoms with Gasteiger partial charge in [0.15, 0.2) is 5.76 Å². The van der Waals surface area contributed by atoms with Gasteiger partial charge in [-0.25, -0.2) is 0 Å². The molecule has 0 fully saturated rings. The van der Waals surface area contributed by atoms with Gasteiger partial charge in [0.25, 0.3) is 0 Å². The molecule has 0 spiro atoms. The van der Waals surface area contributed by atoms with Crippen molar-refractivity contribution in [3.8, 4) is 0 Å². The summed E-state index contributed by atoms with van der Waals surface area (Å²) in [5.74, 6) is -0.461. The molecule has 0 radical (unpaired) electrons. The van der Waals surface area contributed by atoms with E-state index < -0.39 is 0 Å². The maximum Gasteiger partial charge on any atom is 0.230 e. The Kier molecular flexibility index (Phi) is 3.53. The highest BCUT2D eigenvalue weighted by Crippen LogP contribution is 2.29. The highest BCUT2D eigenvalue weighted by molar-refractivity contribution is 6.49. The molecule has 1 aliphatic carbocycles. The average molecular weight is 265 g/mol. The topological polar surface area (TPSA) is 43.4 Å². The third-order valence-corrected chi connectivity index (χ3v) is 2.93. The lowest BCUT2D eigenvalue weighted by atomic mass is 9.93. The average Bonchev–Trinajstić information content (AvgIpc) is 2.36. The molecule has 4 heteroatoms. The molecule has 0 saturated carbocycles. The van der Waals surface area contributed by atoms with Crippen molar-refractivity contribution in [2.24, 2.45) is 5.92 Å². The summed E-state index contributed by atoms with van der Waals surface area (Å²) in [5.41, 5.74) is 0.690. The van der Waals surface area contributed by atoms with Gasteiger partial charge in [-0.1, -0.05) is 49.7 Å². The van der Waals surface area contributed by atoms with Gasteiger partial charge in [0.05, 0.1) is 6.61 Å². The van der Waals surface area contributed by atoms with Crippen molar-refractivity contribution in [3.63, 3.8) is 0 Å². The van der Waals surface area contributed by atoms with Crippen LogP contribution in [0.3, 0.4) is 0 Å². The molecule has 0 unspecified atom stereocenters. The lowest BCUT2D eigenvalue weighted by molar-refractivity contribution is 0.0856.